The van der Waals surface area contributed by atoms with Crippen LogP contribution in [0.2, 0.25) is 0 Å². The Morgan fingerprint density at radius 2 is 1.90 bits per heavy atom. The van der Waals surface area contributed by atoms with Crippen molar-refractivity contribution in [3.8, 4) is 0 Å². The molecule has 0 amide bonds. The Bertz CT molecular complexity index is 432. The van der Waals surface area contributed by atoms with Crippen molar-refractivity contribution < 1.29 is 0 Å². The molecule has 1 N–H and O–H groups in total. The van der Waals surface area contributed by atoms with Crippen molar-refractivity contribution in [2.75, 3.05) is 35.6 Å². The number of rotatable bonds is 7. The minimum Gasteiger partial charge on any atom is -0.354 e. The van der Waals surface area contributed by atoms with Gasteiger partial charge in [0.15, 0.2) is 5.16 Å². The third-order valence-electron chi connectivity index (χ3n) is 3.32. The molecule has 0 bridgehead atoms. The Kier molecular flexibility index (Phi) is 6.54. The fourth-order valence-electron chi connectivity index (χ4n) is 2.20. The third-order valence-corrected chi connectivity index (χ3v) is 4.59. The molecule has 21 heavy (non-hydrogen) atoms. The van der Waals surface area contributed by atoms with E-state index in [1.807, 2.05) is 0 Å². The second kappa shape index (κ2) is 8.41. The van der Waals surface area contributed by atoms with E-state index < -0.39 is 0 Å². The monoisotopic (exact) mass is 309 g/mol. The molecule has 1 aromatic rings. The van der Waals surface area contributed by atoms with Gasteiger partial charge < -0.3 is 10.2 Å². The number of hydrogen-bond donors (Lipinski definition) is 1. The van der Waals surface area contributed by atoms with Crippen LogP contribution in [-0.2, 0) is 0 Å². The second-order valence-corrected chi connectivity index (χ2v) is 6.91. The lowest BCUT2D eigenvalue weighted by atomic mass is 10.1. The summed E-state index contributed by atoms with van der Waals surface area (Å²) < 4.78 is 0. The van der Waals surface area contributed by atoms with E-state index in [2.05, 4.69) is 45.9 Å². The van der Waals surface area contributed by atoms with Gasteiger partial charge in [-0.25, -0.2) is 0 Å². The topological polar surface area (TPSA) is 53.9 Å². The van der Waals surface area contributed by atoms with Gasteiger partial charge >= 0.3 is 0 Å². The van der Waals surface area contributed by atoms with Gasteiger partial charge in [-0.05, 0) is 31.6 Å². The summed E-state index contributed by atoms with van der Waals surface area (Å²) in [4.78, 5) is 16.1. The summed E-state index contributed by atoms with van der Waals surface area (Å²) in [5.41, 5.74) is 0. The average molecular weight is 309 g/mol. The van der Waals surface area contributed by atoms with Crippen LogP contribution in [0.3, 0.4) is 0 Å². The van der Waals surface area contributed by atoms with Crippen molar-refractivity contribution >= 4 is 23.7 Å². The molecule has 1 aromatic heterocycles. The number of piperidine rings is 1. The highest BCUT2D eigenvalue weighted by Crippen LogP contribution is 2.22. The van der Waals surface area contributed by atoms with E-state index in [9.17, 15) is 0 Å². The van der Waals surface area contributed by atoms with E-state index in [1.54, 1.807) is 11.8 Å². The molecule has 1 saturated heterocycles. The fourth-order valence-corrected chi connectivity index (χ4v) is 2.98. The van der Waals surface area contributed by atoms with E-state index in [1.165, 1.54) is 19.3 Å². The van der Waals surface area contributed by atoms with E-state index in [4.69, 9.17) is 0 Å². The van der Waals surface area contributed by atoms with Crippen LogP contribution < -0.4 is 10.2 Å². The molecule has 0 unspecified atom stereocenters. The zero-order chi connectivity index (χ0) is 15.1. The van der Waals surface area contributed by atoms with Crippen LogP contribution in [0.25, 0.3) is 0 Å². The summed E-state index contributed by atoms with van der Waals surface area (Å²) >= 11 is 1.73. The largest absolute Gasteiger partial charge is 0.354 e. The van der Waals surface area contributed by atoms with Gasteiger partial charge in [0.05, 0.1) is 0 Å². The highest BCUT2D eigenvalue weighted by atomic mass is 32.2. The molecule has 0 spiro atoms. The molecular formula is C15H27N5S. The molecule has 5 nitrogen and oxygen atoms in total. The lowest BCUT2D eigenvalue weighted by Gasteiger charge is -2.27. The van der Waals surface area contributed by atoms with Gasteiger partial charge in [0.25, 0.3) is 0 Å². The molecule has 0 atom stereocenters. The molecule has 2 heterocycles. The molecule has 1 aliphatic rings. The van der Waals surface area contributed by atoms with Crippen LogP contribution in [0.5, 0.6) is 0 Å². The summed E-state index contributed by atoms with van der Waals surface area (Å²) in [6, 6.07) is 0. The average Bonchev–Trinajstić information content (AvgIpc) is 2.51. The normalized spacial score (nSPS) is 15.5. The molecule has 1 fully saturated rings. The standard InChI is InChI=1S/C15H27N5S/c1-4-8-16-13-17-14(20-9-6-5-7-10-20)19-15(18-13)21-11-12(2)3/h12H,4-11H2,1-3H3,(H,16,17,18,19). The van der Waals surface area contributed by atoms with Crippen LogP contribution in [0.15, 0.2) is 5.16 Å². The Morgan fingerprint density at radius 1 is 1.14 bits per heavy atom. The van der Waals surface area contributed by atoms with Crippen LogP contribution in [-0.4, -0.2) is 40.3 Å². The minimum atomic E-state index is 0.636. The molecule has 0 saturated carbocycles. The van der Waals surface area contributed by atoms with Gasteiger partial charge in [0, 0.05) is 25.4 Å². The zero-order valence-corrected chi connectivity index (χ0v) is 14.2. The molecular weight excluding hydrogens is 282 g/mol. The second-order valence-electron chi connectivity index (χ2n) is 5.92. The maximum absolute atomic E-state index is 4.66. The predicted octanol–water partition coefficient (Wildman–Crippen LogP) is 3.43. The first-order valence-corrected chi connectivity index (χ1v) is 9.05. The van der Waals surface area contributed by atoms with Gasteiger partial charge in [0.2, 0.25) is 11.9 Å². The molecule has 0 radical (unpaired) electrons. The van der Waals surface area contributed by atoms with Crippen molar-refractivity contribution in [3.05, 3.63) is 0 Å². The summed E-state index contributed by atoms with van der Waals surface area (Å²) in [6.07, 6.45) is 4.85. The van der Waals surface area contributed by atoms with Crippen molar-refractivity contribution in [1.82, 2.24) is 15.0 Å². The lowest BCUT2D eigenvalue weighted by Crippen LogP contribution is -2.31. The highest BCUT2D eigenvalue weighted by Gasteiger charge is 2.16. The maximum Gasteiger partial charge on any atom is 0.231 e. The Morgan fingerprint density at radius 3 is 2.57 bits per heavy atom. The first-order chi connectivity index (χ1) is 10.2. The van der Waals surface area contributed by atoms with Crippen molar-refractivity contribution in [2.45, 2.75) is 51.6 Å². The van der Waals surface area contributed by atoms with Gasteiger partial charge in [-0.15, -0.1) is 0 Å². The van der Waals surface area contributed by atoms with Gasteiger partial charge in [-0.3, -0.25) is 0 Å². The van der Waals surface area contributed by atoms with Crippen LogP contribution >= 0.6 is 11.8 Å². The summed E-state index contributed by atoms with van der Waals surface area (Å²) in [6.45, 7) is 9.61. The minimum absolute atomic E-state index is 0.636. The first-order valence-electron chi connectivity index (χ1n) is 8.06. The summed E-state index contributed by atoms with van der Waals surface area (Å²) in [5, 5.41) is 4.14. The van der Waals surface area contributed by atoms with E-state index in [0.29, 0.717) is 5.92 Å². The number of hydrogen-bond acceptors (Lipinski definition) is 6. The number of thioether (sulfide) groups is 1. The Hall–Kier alpha value is -1.04. The maximum atomic E-state index is 4.66. The number of anilines is 2. The van der Waals surface area contributed by atoms with E-state index >= 15 is 0 Å². The molecule has 1 aliphatic heterocycles. The predicted molar refractivity (Wildman–Crippen MR) is 90.2 cm³/mol. The quantitative estimate of drug-likeness (QED) is 0.779. The van der Waals surface area contributed by atoms with Gasteiger partial charge in [-0.2, -0.15) is 15.0 Å². The number of nitrogens with one attached hydrogen (secondary N) is 1. The van der Waals surface area contributed by atoms with Crippen LogP contribution in [0.1, 0.15) is 46.5 Å². The SMILES string of the molecule is CCCNc1nc(SCC(C)C)nc(N2CCCCC2)n1. The summed E-state index contributed by atoms with van der Waals surface area (Å²) in [7, 11) is 0. The first kappa shape index (κ1) is 16.3. The lowest BCUT2D eigenvalue weighted by molar-refractivity contribution is 0.565. The van der Waals surface area contributed by atoms with E-state index in [-0.39, 0.29) is 0 Å². The fraction of sp³-hybridized carbons (Fsp3) is 0.800. The summed E-state index contributed by atoms with van der Waals surface area (Å²) in [5.74, 6) is 3.24. The van der Waals surface area contributed by atoms with Crippen molar-refractivity contribution in [1.29, 1.82) is 0 Å². The molecule has 2 rings (SSSR count). The van der Waals surface area contributed by atoms with Crippen LogP contribution in [0, 0.1) is 5.92 Å². The molecule has 0 aromatic carbocycles. The van der Waals surface area contributed by atoms with Crippen LogP contribution in [0.4, 0.5) is 11.9 Å². The van der Waals surface area contributed by atoms with Crippen molar-refractivity contribution in [3.63, 3.8) is 0 Å². The van der Waals surface area contributed by atoms with Gasteiger partial charge in [0.1, 0.15) is 0 Å². The number of aromatic nitrogens is 3. The van der Waals surface area contributed by atoms with E-state index in [0.717, 1.165) is 48.9 Å². The molecule has 6 heteroatoms. The molecule has 0 aliphatic carbocycles. The Balaban J connectivity index is 2.14. The van der Waals surface area contributed by atoms with Crippen molar-refractivity contribution in [2.24, 2.45) is 5.92 Å². The third kappa shape index (κ3) is 5.34. The Labute approximate surface area is 132 Å². The van der Waals surface area contributed by atoms with Gasteiger partial charge in [-0.1, -0.05) is 32.5 Å². The number of nitrogens with zero attached hydrogens (tertiary/aromatic N) is 4. The highest BCUT2D eigenvalue weighted by molar-refractivity contribution is 7.99. The molecule has 118 valence electrons. The smallest absolute Gasteiger partial charge is 0.231 e. The zero-order valence-electron chi connectivity index (χ0n) is 13.4.